The lowest BCUT2D eigenvalue weighted by atomic mass is 10.3. The van der Waals surface area contributed by atoms with Gasteiger partial charge in [0.1, 0.15) is 12.6 Å². The number of aliphatic hydroxyl groups excluding tert-OH is 1. The van der Waals surface area contributed by atoms with Crippen LogP contribution < -0.4 is 5.32 Å². The number of nitrogens with one attached hydrogen (secondary N) is 1. The Morgan fingerprint density at radius 3 is 2.42 bits per heavy atom. The molecule has 0 aliphatic carbocycles. The molecule has 12 heavy (non-hydrogen) atoms. The monoisotopic (exact) mass is 177 g/mol. The maximum Gasteiger partial charge on any atom is 0.211 e. The highest BCUT2D eigenvalue weighted by Crippen LogP contribution is 1.96. The van der Waals surface area contributed by atoms with E-state index in [0.717, 1.165) is 0 Å². The maximum atomic E-state index is 9.95. The maximum absolute atomic E-state index is 9.95. The van der Waals surface area contributed by atoms with Crippen molar-refractivity contribution in [1.29, 1.82) is 0 Å². The number of aliphatic hydroxyl groups is 1. The van der Waals surface area contributed by atoms with Crippen molar-refractivity contribution < 1.29 is 14.4 Å². The predicted octanol–water partition coefficient (Wildman–Crippen LogP) is -0.217. The van der Waals surface area contributed by atoms with E-state index in [2.05, 4.69) is 5.32 Å². The summed E-state index contributed by atoms with van der Waals surface area (Å²) in [5.74, 6) is 0. The molecule has 0 spiro atoms. The first-order valence-corrected chi connectivity index (χ1v) is 3.65. The van der Waals surface area contributed by atoms with E-state index in [1.807, 2.05) is 14.1 Å². The normalized spacial score (nSPS) is 13.0. The number of carbonyl (C=O) groups excluding carboxylic acids is 1. The zero-order valence-corrected chi connectivity index (χ0v) is 7.37. The van der Waals surface area contributed by atoms with Crippen LogP contribution in [0.2, 0.25) is 0 Å². The molecule has 1 amide bonds. The highest BCUT2D eigenvalue weighted by Gasteiger charge is 2.16. The molecule has 0 heterocycles. The molecule has 4 nitrogen and oxygen atoms in total. The number of nitrogens with zero attached hydrogens (tertiary/aromatic N) is 1. The van der Waals surface area contributed by atoms with Crippen molar-refractivity contribution in [3.8, 4) is 0 Å². The lowest BCUT2D eigenvalue weighted by Crippen LogP contribution is -2.49. The van der Waals surface area contributed by atoms with Gasteiger partial charge in [-0.05, 0) is 6.92 Å². The second kappa shape index (κ2) is 5.97. The Balaban J connectivity index is 0. The third-order valence-electron chi connectivity index (χ3n) is 1.36. The lowest BCUT2D eigenvalue weighted by Gasteiger charge is -2.30. The smallest absolute Gasteiger partial charge is 0.211 e. The summed E-state index contributed by atoms with van der Waals surface area (Å²) in [6.45, 7) is 2.93. The number of carbonyl (C=O) groups is 1. The van der Waals surface area contributed by atoms with Crippen LogP contribution in [0, 0.1) is 0 Å². The minimum atomic E-state index is -0.335. The number of likely N-dealkylation sites (N-methyl/N-ethyl adjacent to an activating group) is 1. The van der Waals surface area contributed by atoms with Crippen LogP contribution in [-0.4, -0.2) is 49.4 Å². The zero-order chi connectivity index (χ0) is 8.91. The molecule has 0 bridgehead atoms. The van der Waals surface area contributed by atoms with Crippen LogP contribution in [0.4, 0.5) is 0 Å². The molecule has 0 aromatic rings. The molecule has 0 aliphatic heterocycles. The average molecular weight is 177 g/mol. The molecule has 4 heteroatoms. The minimum absolute atomic E-state index is 0. The highest BCUT2D eigenvalue weighted by atomic mass is 16.3. The van der Waals surface area contributed by atoms with Crippen molar-refractivity contribution in [2.24, 2.45) is 0 Å². The number of hydrogen-bond donors (Lipinski definition) is 2. The number of hydrogen-bond acceptors (Lipinski definition) is 2. The number of rotatable bonds is 5. The molecule has 0 saturated carbocycles. The van der Waals surface area contributed by atoms with Gasteiger partial charge in [-0.1, -0.05) is 7.43 Å². The second-order valence-corrected chi connectivity index (χ2v) is 3.45. The average Bonchev–Trinajstić information content (AvgIpc) is 1.81. The van der Waals surface area contributed by atoms with Gasteiger partial charge in [0, 0.05) is 0 Å². The van der Waals surface area contributed by atoms with Crippen LogP contribution in [0.25, 0.3) is 0 Å². The zero-order valence-electron chi connectivity index (χ0n) is 7.37. The Hall–Kier alpha value is -0.610. The van der Waals surface area contributed by atoms with Gasteiger partial charge >= 0.3 is 0 Å². The number of amides is 1. The summed E-state index contributed by atoms with van der Waals surface area (Å²) in [5.41, 5.74) is 0. The molecule has 2 N–H and O–H groups in total. The van der Waals surface area contributed by atoms with Crippen molar-refractivity contribution in [1.82, 2.24) is 5.32 Å². The molecular formula is C8H21N2O2+. The fourth-order valence-electron chi connectivity index (χ4n) is 1.06. The van der Waals surface area contributed by atoms with Gasteiger partial charge in [-0.25, -0.2) is 0 Å². The van der Waals surface area contributed by atoms with Gasteiger partial charge in [0.05, 0.1) is 14.1 Å². The molecule has 0 rings (SSSR count). The van der Waals surface area contributed by atoms with Crippen molar-refractivity contribution in [3.05, 3.63) is 0 Å². The quantitative estimate of drug-likeness (QED) is 0.346. The van der Waals surface area contributed by atoms with Crippen LogP contribution in [0.3, 0.4) is 0 Å². The van der Waals surface area contributed by atoms with Crippen molar-refractivity contribution in [2.45, 2.75) is 20.5 Å². The Morgan fingerprint density at radius 2 is 2.08 bits per heavy atom. The molecule has 0 radical (unpaired) electrons. The summed E-state index contributed by atoms with van der Waals surface area (Å²) in [6.07, 6.45) is 0.334. The molecular weight excluding hydrogens is 156 g/mol. The van der Waals surface area contributed by atoms with Crippen LogP contribution in [-0.2, 0) is 4.79 Å². The molecule has 0 aliphatic rings. The van der Waals surface area contributed by atoms with Crippen molar-refractivity contribution >= 4 is 6.41 Å². The minimum Gasteiger partial charge on any atom is -0.388 e. The molecule has 74 valence electrons. The first-order chi connectivity index (χ1) is 4.98. The largest absolute Gasteiger partial charge is 0.388 e. The first kappa shape index (κ1) is 13.9. The first-order valence-electron chi connectivity index (χ1n) is 3.65. The molecule has 0 aromatic carbocycles. The van der Waals surface area contributed by atoms with E-state index in [9.17, 15) is 4.79 Å². The Kier molecular flexibility index (Phi) is 6.94. The van der Waals surface area contributed by atoms with E-state index in [1.165, 1.54) is 0 Å². The second-order valence-electron chi connectivity index (χ2n) is 3.45. The summed E-state index contributed by atoms with van der Waals surface area (Å²) < 4.78 is 0.594. The summed E-state index contributed by atoms with van der Waals surface area (Å²) >= 11 is 0. The van der Waals surface area contributed by atoms with Crippen LogP contribution in [0.15, 0.2) is 0 Å². The van der Waals surface area contributed by atoms with E-state index >= 15 is 0 Å². The van der Waals surface area contributed by atoms with Gasteiger partial charge < -0.3 is 14.9 Å². The Morgan fingerprint density at radius 1 is 1.58 bits per heavy atom. The standard InChI is InChI=1S/C7H16N2O2.CH4/c1-7(11)4-9(2,3)5-8-6-10;/h6-7,11H,4-5H2,1-3H3;1H4/p+1. The van der Waals surface area contributed by atoms with Gasteiger partial charge in [0.15, 0.2) is 6.67 Å². The SMILES string of the molecule is C.CC(O)C[N+](C)(C)CNC=O. The molecule has 1 unspecified atom stereocenters. The Bertz CT molecular complexity index is 124. The van der Waals surface area contributed by atoms with E-state index in [0.29, 0.717) is 24.1 Å². The summed E-state index contributed by atoms with van der Waals surface area (Å²) in [5, 5.41) is 11.6. The van der Waals surface area contributed by atoms with Crippen LogP contribution >= 0.6 is 0 Å². The van der Waals surface area contributed by atoms with Gasteiger partial charge in [-0.2, -0.15) is 0 Å². The fourth-order valence-corrected chi connectivity index (χ4v) is 1.06. The highest BCUT2D eigenvalue weighted by molar-refractivity contribution is 5.45. The van der Waals surface area contributed by atoms with Gasteiger partial charge in [0.2, 0.25) is 6.41 Å². The van der Waals surface area contributed by atoms with E-state index < -0.39 is 0 Å². The topological polar surface area (TPSA) is 49.3 Å². The molecule has 0 saturated heterocycles. The third kappa shape index (κ3) is 7.50. The van der Waals surface area contributed by atoms with E-state index in [1.54, 1.807) is 6.92 Å². The fraction of sp³-hybridized carbons (Fsp3) is 0.875. The number of quaternary nitrogens is 1. The van der Waals surface area contributed by atoms with Crippen molar-refractivity contribution in [3.63, 3.8) is 0 Å². The summed E-state index contributed by atoms with van der Waals surface area (Å²) in [7, 11) is 3.90. The van der Waals surface area contributed by atoms with E-state index in [-0.39, 0.29) is 13.5 Å². The van der Waals surface area contributed by atoms with E-state index in [4.69, 9.17) is 5.11 Å². The van der Waals surface area contributed by atoms with Crippen LogP contribution in [0.5, 0.6) is 0 Å². The predicted molar refractivity (Wildman–Crippen MR) is 49.5 cm³/mol. The Labute approximate surface area is 74.8 Å². The molecule has 0 aromatic heterocycles. The van der Waals surface area contributed by atoms with Gasteiger partial charge in [0.25, 0.3) is 0 Å². The summed E-state index contributed by atoms with van der Waals surface area (Å²) in [4.78, 5) is 9.95. The lowest BCUT2D eigenvalue weighted by molar-refractivity contribution is -0.894. The molecule has 0 fully saturated rings. The van der Waals surface area contributed by atoms with Crippen LogP contribution in [0.1, 0.15) is 14.4 Å². The van der Waals surface area contributed by atoms with Crippen molar-refractivity contribution in [2.75, 3.05) is 27.3 Å². The van der Waals surface area contributed by atoms with Gasteiger partial charge in [-0.3, -0.25) is 4.79 Å². The molecule has 1 atom stereocenters. The van der Waals surface area contributed by atoms with Gasteiger partial charge in [-0.15, -0.1) is 0 Å². The summed E-state index contributed by atoms with van der Waals surface area (Å²) in [6, 6.07) is 0. The third-order valence-corrected chi connectivity index (χ3v) is 1.36.